The maximum Gasteiger partial charge on any atom is 0.134 e. The molecule has 0 spiro atoms. The van der Waals surface area contributed by atoms with Crippen LogP contribution in [-0.4, -0.2) is 31.6 Å². The van der Waals surface area contributed by atoms with Gasteiger partial charge in [-0.1, -0.05) is 18.2 Å². The Hall–Kier alpha value is -1.32. The summed E-state index contributed by atoms with van der Waals surface area (Å²) in [5.74, 6) is 0. The summed E-state index contributed by atoms with van der Waals surface area (Å²) in [5, 5.41) is 4.59. The lowest BCUT2D eigenvalue weighted by Crippen LogP contribution is -2.48. The first-order valence-electron chi connectivity index (χ1n) is 6.29. The van der Waals surface area contributed by atoms with Gasteiger partial charge in [0.1, 0.15) is 5.58 Å². The number of hydrogen-bond acceptors (Lipinski definition) is 3. The van der Waals surface area contributed by atoms with Gasteiger partial charge in [0.05, 0.1) is 12.3 Å². The molecule has 0 aliphatic rings. The van der Waals surface area contributed by atoms with Gasteiger partial charge in [-0.2, -0.15) is 0 Å². The van der Waals surface area contributed by atoms with Crippen molar-refractivity contribution in [3.05, 3.63) is 36.1 Å². The number of hydrogen-bond donors (Lipinski definition) is 1. The Morgan fingerprint density at radius 2 is 1.89 bits per heavy atom. The molecular weight excluding hydrogens is 224 g/mol. The van der Waals surface area contributed by atoms with Crippen molar-refractivity contribution >= 4 is 11.0 Å². The van der Waals surface area contributed by atoms with Crippen LogP contribution in [0.3, 0.4) is 0 Å². The predicted octanol–water partition coefficient (Wildman–Crippen LogP) is 3.03. The molecule has 0 bridgehead atoms. The van der Waals surface area contributed by atoms with Crippen LogP contribution < -0.4 is 5.32 Å². The van der Waals surface area contributed by atoms with Crippen molar-refractivity contribution < 1.29 is 4.42 Å². The van der Waals surface area contributed by atoms with E-state index in [1.807, 2.05) is 25.4 Å². The first-order valence-corrected chi connectivity index (χ1v) is 6.29. The van der Waals surface area contributed by atoms with Crippen LogP contribution in [0.25, 0.3) is 11.0 Å². The fourth-order valence-corrected chi connectivity index (χ4v) is 2.66. The molecule has 0 fully saturated rings. The summed E-state index contributed by atoms with van der Waals surface area (Å²) in [6.45, 7) is 4.42. The summed E-state index contributed by atoms with van der Waals surface area (Å²) in [5.41, 5.74) is 2.15. The van der Waals surface area contributed by atoms with Crippen LogP contribution in [0.4, 0.5) is 0 Å². The van der Waals surface area contributed by atoms with Gasteiger partial charge < -0.3 is 14.6 Å². The van der Waals surface area contributed by atoms with Crippen LogP contribution in [0, 0.1) is 0 Å². The topological polar surface area (TPSA) is 28.4 Å². The molecule has 98 valence electrons. The average molecular weight is 246 g/mol. The molecule has 0 aliphatic carbocycles. The highest BCUT2D eigenvalue weighted by Crippen LogP contribution is 2.35. The molecule has 3 nitrogen and oxygen atoms in total. The summed E-state index contributed by atoms with van der Waals surface area (Å²) in [7, 11) is 6.20. The van der Waals surface area contributed by atoms with E-state index in [9.17, 15) is 0 Å². The highest BCUT2D eigenvalue weighted by Gasteiger charge is 2.33. The number of fused-ring (bicyclic) bond motifs is 1. The molecule has 0 aliphatic heterocycles. The van der Waals surface area contributed by atoms with Crippen LogP contribution in [-0.2, 0) is 0 Å². The minimum absolute atomic E-state index is 0.0316. The van der Waals surface area contributed by atoms with Crippen molar-refractivity contribution in [1.82, 2.24) is 10.2 Å². The molecule has 0 amide bonds. The van der Waals surface area contributed by atoms with E-state index in [4.69, 9.17) is 4.42 Å². The third-order valence-corrected chi connectivity index (χ3v) is 3.65. The third-order valence-electron chi connectivity index (χ3n) is 3.65. The molecule has 1 aromatic heterocycles. The zero-order valence-electron chi connectivity index (χ0n) is 11.8. The lowest BCUT2D eigenvalue weighted by Gasteiger charge is -2.38. The van der Waals surface area contributed by atoms with E-state index in [1.54, 1.807) is 0 Å². The van der Waals surface area contributed by atoms with Crippen molar-refractivity contribution in [2.45, 2.75) is 25.4 Å². The largest absolute Gasteiger partial charge is 0.464 e. The highest BCUT2D eigenvalue weighted by molar-refractivity contribution is 5.81. The number of nitrogens with zero attached hydrogens (tertiary/aromatic N) is 1. The number of likely N-dealkylation sites (N-methyl/N-ethyl adjacent to an activating group) is 2. The third kappa shape index (κ3) is 2.16. The van der Waals surface area contributed by atoms with E-state index in [2.05, 4.69) is 50.3 Å². The lowest BCUT2D eigenvalue weighted by molar-refractivity contribution is 0.178. The summed E-state index contributed by atoms with van der Waals surface area (Å²) in [6.07, 6.45) is 1.88. The monoisotopic (exact) mass is 246 g/mol. The molecule has 1 unspecified atom stereocenters. The fourth-order valence-electron chi connectivity index (χ4n) is 2.66. The zero-order valence-corrected chi connectivity index (χ0v) is 11.8. The molecule has 3 heteroatoms. The van der Waals surface area contributed by atoms with Gasteiger partial charge in [-0.3, -0.25) is 0 Å². The molecule has 0 saturated carbocycles. The normalized spacial score (nSPS) is 14.3. The van der Waals surface area contributed by atoms with Crippen molar-refractivity contribution in [2.24, 2.45) is 0 Å². The second kappa shape index (κ2) is 4.75. The van der Waals surface area contributed by atoms with Crippen LogP contribution in [0.15, 0.2) is 34.9 Å². The maximum atomic E-state index is 5.67. The summed E-state index contributed by atoms with van der Waals surface area (Å²) < 4.78 is 5.67. The van der Waals surface area contributed by atoms with Gasteiger partial charge >= 0.3 is 0 Å². The quantitative estimate of drug-likeness (QED) is 0.899. The number of nitrogens with one attached hydrogen (secondary N) is 1. The van der Waals surface area contributed by atoms with Crippen LogP contribution >= 0.6 is 0 Å². The highest BCUT2D eigenvalue weighted by atomic mass is 16.3. The van der Waals surface area contributed by atoms with Gasteiger partial charge in [0, 0.05) is 16.5 Å². The SMILES string of the molecule is CNC(C)(C)C(c1coc2ccccc12)N(C)C. The number of furan rings is 1. The van der Waals surface area contributed by atoms with E-state index in [-0.39, 0.29) is 11.6 Å². The Morgan fingerprint density at radius 1 is 1.22 bits per heavy atom. The van der Waals surface area contributed by atoms with E-state index in [0.29, 0.717) is 0 Å². The Bertz CT molecular complexity index is 528. The average Bonchev–Trinajstić information content (AvgIpc) is 2.73. The van der Waals surface area contributed by atoms with Crippen LogP contribution in [0.2, 0.25) is 0 Å². The van der Waals surface area contributed by atoms with E-state index in [1.165, 1.54) is 10.9 Å². The Morgan fingerprint density at radius 3 is 2.50 bits per heavy atom. The number of benzene rings is 1. The first kappa shape index (κ1) is 13.1. The summed E-state index contributed by atoms with van der Waals surface area (Å²) >= 11 is 0. The molecule has 2 rings (SSSR count). The number of para-hydroxylation sites is 1. The first-order chi connectivity index (χ1) is 8.47. The zero-order chi connectivity index (χ0) is 13.3. The Balaban J connectivity index is 2.56. The minimum atomic E-state index is -0.0316. The molecular formula is C15H22N2O. The van der Waals surface area contributed by atoms with Crippen LogP contribution in [0.1, 0.15) is 25.5 Å². The van der Waals surface area contributed by atoms with E-state index < -0.39 is 0 Å². The van der Waals surface area contributed by atoms with Gasteiger partial charge in [-0.15, -0.1) is 0 Å². The van der Waals surface area contributed by atoms with Gasteiger partial charge in [0.2, 0.25) is 0 Å². The van der Waals surface area contributed by atoms with E-state index >= 15 is 0 Å². The smallest absolute Gasteiger partial charge is 0.134 e. The lowest BCUT2D eigenvalue weighted by atomic mass is 9.87. The number of rotatable bonds is 4. The van der Waals surface area contributed by atoms with Crippen LogP contribution in [0.5, 0.6) is 0 Å². The molecule has 1 N–H and O–H groups in total. The molecule has 1 heterocycles. The maximum absolute atomic E-state index is 5.67. The molecule has 0 radical (unpaired) electrons. The molecule has 18 heavy (non-hydrogen) atoms. The molecule has 0 saturated heterocycles. The standard InChI is InChI=1S/C15H22N2O/c1-15(2,16-3)14(17(4)5)12-10-18-13-9-7-6-8-11(12)13/h6-10,14,16H,1-5H3. The van der Waals surface area contributed by atoms with Crippen molar-refractivity contribution in [3.63, 3.8) is 0 Å². The van der Waals surface area contributed by atoms with Gasteiger partial charge in [0.25, 0.3) is 0 Å². The van der Waals surface area contributed by atoms with Crippen molar-refractivity contribution in [3.8, 4) is 0 Å². The Labute approximate surface area is 109 Å². The van der Waals surface area contributed by atoms with Gasteiger partial charge in [-0.25, -0.2) is 0 Å². The van der Waals surface area contributed by atoms with Gasteiger partial charge in [-0.05, 0) is 41.1 Å². The van der Waals surface area contributed by atoms with Crippen molar-refractivity contribution in [1.29, 1.82) is 0 Å². The molecule has 1 aromatic carbocycles. The minimum Gasteiger partial charge on any atom is -0.464 e. The van der Waals surface area contributed by atoms with E-state index in [0.717, 1.165) is 5.58 Å². The fraction of sp³-hybridized carbons (Fsp3) is 0.467. The Kier molecular flexibility index (Phi) is 3.46. The molecule has 2 aromatic rings. The van der Waals surface area contributed by atoms with Crippen molar-refractivity contribution in [2.75, 3.05) is 21.1 Å². The summed E-state index contributed by atoms with van der Waals surface area (Å²) in [4.78, 5) is 2.23. The summed E-state index contributed by atoms with van der Waals surface area (Å²) in [6, 6.07) is 8.45. The second-order valence-electron chi connectivity index (χ2n) is 5.53. The second-order valence-corrected chi connectivity index (χ2v) is 5.53. The van der Waals surface area contributed by atoms with Gasteiger partial charge in [0.15, 0.2) is 0 Å². The predicted molar refractivity (Wildman–Crippen MR) is 75.8 cm³/mol. The molecule has 1 atom stereocenters.